The minimum absolute atomic E-state index is 0.192. The monoisotopic (exact) mass is 570 g/mol. The van der Waals surface area contributed by atoms with Crippen molar-refractivity contribution in [1.29, 1.82) is 5.26 Å². The number of esters is 3. The SMILES string of the molecule is Cc1ccc(C(=O)OCC2O[C@H](/C(C#N)=N/O)[C@](C)(OC(=O)c3ccc(C)cc3)C2OC(=O)c2ccc(C)cc2)cc1. The van der Waals surface area contributed by atoms with Gasteiger partial charge in [0, 0.05) is 0 Å². The van der Waals surface area contributed by atoms with Crippen molar-refractivity contribution in [1.82, 2.24) is 0 Å². The Bertz CT molecular complexity index is 1520. The number of nitriles is 1. The summed E-state index contributed by atoms with van der Waals surface area (Å²) in [7, 11) is 0. The van der Waals surface area contributed by atoms with Crippen LogP contribution in [0.3, 0.4) is 0 Å². The number of oxime groups is 1. The second kappa shape index (κ2) is 12.7. The molecule has 1 aliphatic rings. The van der Waals surface area contributed by atoms with Gasteiger partial charge in [-0.2, -0.15) is 5.26 Å². The maximum Gasteiger partial charge on any atom is 0.338 e. The summed E-state index contributed by atoms with van der Waals surface area (Å²) < 4.78 is 23.3. The van der Waals surface area contributed by atoms with Gasteiger partial charge in [0.05, 0.1) is 16.7 Å². The summed E-state index contributed by atoms with van der Waals surface area (Å²) in [5, 5.41) is 22.3. The molecule has 1 heterocycles. The van der Waals surface area contributed by atoms with Crippen molar-refractivity contribution >= 4 is 23.6 Å². The van der Waals surface area contributed by atoms with Crippen LogP contribution in [0.15, 0.2) is 78.0 Å². The number of aryl methyl sites for hydroxylation is 3. The molecule has 1 aliphatic heterocycles. The maximum absolute atomic E-state index is 13.3. The summed E-state index contributed by atoms with van der Waals surface area (Å²) in [6, 6.07) is 21.6. The van der Waals surface area contributed by atoms with Crippen LogP contribution in [0, 0.1) is 32.1 Å². The number of hydrogen-bond donors (Lipinski definition) is 1. The van der Waals surface area contributed by atoms with E-state index in [2.05, 4.69) is 5.16 Å². The second-order valence-corrected chi connectivity index (χ2v) is 10.2. The van der Waals surface area contributed by atoms with Gasteiger partial charge < -0.3 is 24.2 Å². The summed E-state index contributed by atoms with van der Waals surface area (Å²) in [6.07, 6.45) is -4.07. The first kappa shape index (κ1) is 30.0. The quantitative estimate of drug-likeness (QED) is 0.134. The molecule has 3 aromatic rings. The molecule has 2 unspecified atom stereocenters. The van der Waals surface area contributed by atoms with Crippen molar-refractivity contribution in [2.24, 2.45) is 5.16 Å². The Morgan fingerprint density at radius 3 is 1.74 bits per heavy atom. The number of nitrogens with zero attached hydrogens (tertiary/aromatic N) is 2. The largest absolute Gasteiger partial charge is 0.459 e. The van der Waals surface area contributed by atoms with Crippen LogP contribution in [0.2, 0.25) is 0 Å². The predicted molar refractivity (Wildman–Crippen MR) is 150 cm³/mol. The Hall–Kier alpha value is -5.01. The van der Waals surface area contributed by atoms with Gasteiger partial charge in [0.25, 0.3) is 0 Å². The standard InChI is InChI=1S/C32H30N2O8/c1-19-5-11-22(12-6-19)29(35)39-18-26-28(41-30(36)23-13-7-20(2)8-14-23)32(4,27(40-26)25(17-33)34-38)42-31(37)24-15-9-21(3)10-16-24/h5-16,26-28,38H,18H2,1-4H3/b34-25+/t26?,27-,28?,32+/m1/s1. The smallest absolute Gasteiger partial charge is 0.338 e. The fourth-order valence-corrected chi connectivity index (χ4v) is 4.55. The average molecular weight is 571 g/mol. The zero-order chi connectivity index (χ0) is 30.4. The molecule has 3 aromatic carbocycles. The van der Waals surface area contributed by atoms with E-state index in [1.807, 2.05) is 20.8 Å². The topological polar surface area (TPSA) is 145 Å². The molecule has 4 rings (SSSR count). The minimum atomic E-state index is -1.87. The molecule has 0 saturated carbocycles. The third kappa shape index (κ3) is 6.48. The third-order valence-corrected chi connectivity index (χ3v) is 6.99. The van der Waals surface area contributed by atoms with Crippen LogP contribution in [-0.2, 0) is 18.9 Å². The third-order valence-electron chi connectivity index (χ3n) is 6.99. The van der Waals surface area contributed by atoms with Crippen molar-refractivity contribution in [2.75, 3.05) is 6.61 Å². The van der Waals surface area contributed by atoms with E-state index in [1.54, 1.807) is 78.9 Å². The predicted octanol–water partition coefficient (Wildman–Crippen LogP) is 4.73. The first-order valence-electron chi connectivity index (χ1n) is 13.1. The van der Waals surface area contributed by atoms with Crippen LogP contribution in [0.5, 0.6) is 0 Å². The summed E-state index contributed by atoms with van der Waals surface area (Å²) in [4.78, 5) is 39.4. The zero-order valence-electron chi connectivity index (χ0n) is 23.6. The molecule has 4 atom stereocenters. The molecule has 1 N–H and O–H groups in total. The Morgan fingerprint density at radius 1 is 0.833 bits per heavy atom. The number of benzene rings is 3. The fraction of sp³-hybridized carbons (Fsp3) is 0.281. The zero-order valence-corrected chi connectivity index (χ0v) is 23.6. The van der Waals surface area contributed by atoms with Gasteiger partial charge in [0.2, 0.25) is 0 Å². The number of carbonyl (C=O) groups excluding carboxylic acids is 3. The van der Waals surface area contributed by atoms with E-state index in [0.717, 1.165) is 16.7 Å². The van der Waals surface area contributed by atoms with Gasteiger partial charge in [-0.25, -0.2) is 14.4 Å². The van der Waals surface area contributed by atoms with E-state index in [1.165, 1.54) is 6.92 Å². The van der Waals surface area contributed by atoms with Gasteiger partial charge in [-0.05, 0) is 64.1 Å². The summed E-state index contributed by atoms with van der Waals surface area (Å²) >= 11 is 0. The molecule has 0 spiro atoms. The Kier molecular flexibility index (Phi) is 9.03. The van der Waals surface area contributed by atoms with Crippen molar-refractivity contribution < 1.29 is 38.5 Å². The highest BCUT2D eigenvalue weighted by Crippen LogP contribution is 2.39. The molecule has 0 bridgehead atoms. The molecular weight excluding hydrogens is 540 g/mol. The Balaban J connectivity index is 1.69. The van der Waals surface area contributed by atoms with Crippen molar-refractivity contribution in [3.8, 4) is 6.07 Å². The maximum atomic E-state index is 13.3. The number of ether oxygens (including phenoxy) is 4. The molecule has 0 aromatic heterocycles. The van der Waals surface area contributed by atoms with Gasteiger partial charge >= 0.3 is 17.9 Å². The van der Waals surface area contributed by atoms with Gasteiger partial charge in [-0.1, -0.05) is 58.2 Å². The van der Waals surface area contributed by atoms with Crippen LogP contribution >= 0.6 is 0 Å². The lowest BCUT2D eigenvalue weighted by Gasteiger charge is -2.33. The molecule has 0 radical (unpaired) electrons. The summed E-state index contributed by atoms with van der Waals surface area (Å²) in [5.41, 5.74) is 1.08. The lowest BCUT2D eigenvalue weighted by atomic mass is 9.89. The van der Waals surface area contributed by atoms with Gasteiger partial charge in [0.1, 0.15) is 18.8 Å². The average Bonchev–Trinajstić information content (AvgIpc) is 3.23. The lowest BCUT2D eigenvalue weighted by Crippen LogP contribution is -2.53. The van der Waals surface area contributed by atoms with Crippen LogP contribution in [0.1, 0.15) is 54.7 Å². The highest BCUT2D eigenvalue weighted by molar-refractivity contribution is 6.03. The lowest BCUT2D eigenvalue weighted by molar-refractivity contribution is -0.0794. The molecule has 10 heteroatoms. The molecule has 42 heavy (non-hydrogen) atoms. The van der Waals surface area contributed by atoms with Gasteiger partial charge in [-0.15, -0.1) is 0 Å². The van der Waals surface area contributed by atoms with Crippen LogP contribution < -0.4 is 0 Å². The van der Waals surface area contributed by atoms with E-state index in [4.69, 9.17) is 18.9 Å². The highest BCUT2D eigenvalue weighted by Gasteiger charge is 2.61. The molecule has 1 saturated heterocycles. The number of carbonyl (C=O) groups is 3. The molecule has 0 amide bonds. The van der Waals surface area contributed by atoms with Gasteiger partial charge in [-0.3, -0.25) is 0 Å². The molecular formula is C32H30N2O8. The molecule has 1 fully saturated rings. The first-order valence-corrected chi connectivity index (χ1v) is 13.1. The summed E-state index contributed by atoms with van der Waals surface area (Å²) in [6.45, 7) is 6.57. The number of hydrogen-bond acceptors (Lipinski definition) is 10. The van der Waals surface area contributed by atoms with E-state index in [0.29, 0.717) is 0 Å². The van der Waals surface area contributed by atoms with Crippen molar-refractivity contribution in [3.05, 3.63) is 106 Å². The molecule has 10 nitrogen and oxygen atoms in total. The highest BCUT2D eigenvalue weighted by atomic mass is 16.7. The summed E-state index contributed by atoms with van der Waals surface area (Å²) in [5.74, 6) is -2.23. The van der Waals surface area contributed by atoms with Crippen LogP contribution in [0.4, 0.5) is 0 Å². The van der Waals surface area contributed by atoms with Crippen LogP contribution in [-0.4, -0.2) is 59.3 Å². The van der Waals surface area contributed by atoms with E-state index in [9.17, 15) is 24.9 Å². The Morgan fingerprint density at radius 2 is 1.29 bits per heavy atom. The van der Waals surface area contributed by atoms with E-state index >= 15 is 0 Å². The number of rotatable bonds is 8. The normalized spacial score (nSPS) is 21.7. The van der Waals surface area contributed by atoms with Crippen molar-refractivity contribution in [3.63, 3.8) is 0 Å². The second-order valence-electron chi connectivity index (χ2n) is 10.2. The molecule has 0 aliphatic carbocycles. The fourth-order valence-electron chi connectivity index (χ4n) is 4.55. The van der Waals surface area contributed by atoms with E-state index in [-0.39, 0.29) is 16.7 Å². The van der Waals surface area contributed by atoms with Crippen molar-refractivity contribution in [2.45, 2.75) is 51.6 Å². The Labute approximate surface area is 243 Å². The van der Waals surface area contributed by atoms with E-state index < -0.39 is 54.1 Å². The molecule has 216 valence electrons. The van der Waals surface area contributed by atoms with Gasteiger partial charge in [0.15, 0.2) is 23.5 Å². The first-order chi connectivity index (χ1) is 20.0. The van der Waals surface area contributed by atoms with Crippen LogP contribution in [0.25, 0.3) is 0 Å². The minimum Gasteiger partial charge on any atom is -0.459 e.